The minimum absolute atomic E-state index is 0.00354. The standard InChI is InChI=1S/C14H18N4.C14H17N3O.C13H15ClN2.C13H14ClNO.C13H16N2.2C13H15NO.C11H13ClN2S.C11H12ClNOS/c1-14(2,3)13-17-8-11(18-13)9-5-4-6-10(7-9)12(15)16;1-14(2,3)12-8-11(18-17-12)9-5-4-6-10(7-9)13(15)16;1-13(2,3)12-15-8-11(16-12)9-4-6-10(14)7-5-9;1-13(2,3)12-8-11(16-15-12)9-4-6-10(14)7-5-9;2*1-13(2,3)12-14-9-11(15-12)10-7-5-4-6-8-10;1-13(2,3)12-9-11(15-14-12)10-7-5-4-6-8-10;1-11(2,3)10-13-6-7(14-10)8-4-5-9(12)15-8;1-11(2,3)9-6-7(14-13-9)8-4-5-10(12)15-8/h4-8H,1-3H3,(H3,15,16)(H,17,18);4-8H,1-3H3,(H3,15,16);4-8H,1-3H3,(H,15,16);4-8H,1-3H3;4-9H,1-3H3,(H,14,15);2*4-9H,1-3H3;4-6H,1-3H3,(H,13,14);4-6H,1-3H3. The third-order valence-electron chi connectivity index (χ3n) is 21.5. The largest absolute Gasteiger partial charge is 0.440 e. The molecular formula is C115H135Cl4N17O5S2. The molecule has 28 heteroatoms. The molecule has 0 aliphatic rings. The Morgan fingerprint density at radius 3 is 0.881 bits per heavy atom. The number of hydrogen-bond donors (Lipinski definition) is 8. The predicted molar refractivity (Wildman–Crippen MR) is 592 cm³/mol. The van der Waals surface area contributed by atoms with Gasteiger partial charge in [-0.2, -0.15) is 0 Å². The van der Waals surface area contributed by atoms with Crippen molar-refractivity contribution in [2.24, 2.45) is 11.5 Å². The zero-order valence-electron chi connectivity index (χ0n) is 87.0. The number of aromatic nitrogens is 13. The maximum atomic E-state index is 7.45. The van der Waals surface area contributed by atoms with Gasteiger partial charge in [-0.05, 0) is 83.9 Å². The number of aromatic amines is 4. The molecule has 0 saturated heterocycles. The normalized spacial score (nSPS) is 11.7. The Morgan fingerprint density at radius 2 is 0.552 bits per heavy atom. The van der Waals surface area contributed by atoms with Crippen LogP contribution in [0, 0.1) is 10.8 Å². The van der Waals surface area contributed by atoms with Crippen LogP contribution in [0.15, 0.2) is 290 Å². The summed E-state index contributed by atoms with van der Waals surface area (Å²) in [4.78, 5) is 37.4. The molecule has 0 aliphatic heterocycles. The topological polar surface area (TPSA) is 345 Å². The quantitative estimate of drug-likeness (QED) is 0.0440. The van der Waals surface area contributed by atoms with Crippen LogP contribution < -0.4 is 11.5 Å². The van der Waals surface area contributed by atoms with Crippen LogP contribution in [-0.4, -0.2) is 77.2 Å². The second-order valence-corrected chi connectivity index (χ2v) is 47.8. The van der Waals surface area contributed by atoms with Crippen LogP contribution in [0.3, 0.4) is 0 Å². The van der Waals surface area contributed by atoms with Crippen molar-refractivity contribution in [3.8, 4) is 100 Å². The molecule has 0 unspecified atom stereocenters. The van der Waals surface area contributed by atoms with Gasteiger partial charge in [-0.25, -0.2) is 24.9 Å². The summed E-state index contributed by atoms with van der Waals surface area (Å²) in [6.45, 7) is 57.2. The van der Waals surface area contributed by atoms with Crippen molar-refractivity contribution in [2.45, 2.75) is 236 Å². The van der Waals surface area contributed by atoms with E-state index in [1.54, 1.807) is 23.6 Å². The average Bonchev–Trinajstić information content (AvgIpc) is 1.67. The first-order valence-corrected chi connectivity index (χ1v) is 50.1. The molecule has 0 radical (unpaired) electrons. The number of benzene rings is 7. The van der Waals surface area contributed by atoms with Gasteiger partial charge in [0.05, 0.1) is 95.0 Å². The number of nitrogens with two attached hydrogens (primary N) is 2. The Morgan fingerprint density at radius 1 is 0.266 bits per heavy atom. The van der Waals surface area contributed by atoms with Crippen molar-refractivity contribution in [1.29, 1.82) is 10.8 Å². The molecule has 0 amide bonds. The summed E-state index contributed by atoms with van der Waals surface area (Å²) in [5, 5.41) is 32.7. The summed E-state index contributed by atoms with van der Waals surface area (Å²) in [6, 6.07) is 76.2. The highest BCUT2D eigenvalue weighted by Gasteiger charge is 2.28. The van der Waals surface area contributed by atoms with Crippen LogP contribution in [-0.2, 0) is 48.7 Å². The smallest absolute Gasteiger partial charge is 0.200 e. The first-order chi connectivity index (χ1) is 66.8. The van der Waals surface area contributed by atoms with Gasteiger partial charge in [0.25, 0.3) is 0 Å². The molecule has 143 heavy (non-hydrogen) atoms. The lowest BCUT2D eigenvalue weighted by Crippen LogP contribution is -2.13. The summed E-state index contributed by atoms with van der Waals surface area (Å²) in [5.41, 5.74) is 27.7. The Bertz CT molecular complexity index is 6530. The fourth-order valence-electron chi connectivity index (χ4n) is 12.8. The average molecular weight is 2040 g/mol. The molecule has 0 fully saturated rings. The molecule has 7 aromatic carbocycles. The highest BCUT2D eigenvalue weighted by molar-refractivity contribution is 7.19. The predicted octanol–water partition coefficient (Wildman–Crippen LogP) is 33.0. The van der Waals surface area contributed by atoms with Crippen LogP contribution in [0.5, 0.6) is 0 Å². The molecule has 0 spiro atoms. The number of nitrogens with zero attached hydrogens (tertiary/aromatic N) is 9. The highest BCUT2D eigenvalue weighted by Crippen LogP contribution is 2.38. The third-order valence-corrected chi connectivity index (χ3v) is 24.5. The molecule has 22 nitrogen and oxygen atoms in total. The number of hydrogen-bond acceptors (Lipinski definition) is 18. The first kappa shape index (κ1) is 112. The number of nitrogens with one attached hydrogen (secondary N) is 6. The minimum Gasteiger partial charge on any atom is -0.440 e. The van der Waals surface area contributed by atoms with Gasteiger partial charge >= 0.3 is 0 Å². The maximum absolute atomic E-state index is 7.45. The number of thiophene rings is 2. The third kappa shape index (κ3) is 33.8. The van der Waals surface area contributed by atoms with Crippen LogP contribution in [0.4, 0.5) is 0 Å². The lowest BCUT2D eigenvalue weighted by Gasteiger charge is -2.14. The highest BCUT2D eigenvalue weighted by atomic mass is 35.5. The Labute approximate surface area is 869 Å². The summed E-state index contributed by atoms with van der Waals surface area (Å²) in [5.74, 6) is 8.82. The Kier molecular flexibility index (Phi) is 37.5. The van der Waals surface area contributed by atoms with E-state index in [9.17, 15) is 0 Å². The zero-order chi connectivity index (χ0) is 105. The lowest BCUT2D eigenvalue weighted by molar-refractivity contribution is 0.399. The molecule has 10 N–H and O–H groups in total. The second-order valence-electron chi connectivity index (χ2n) is 43.5. The molecule has 0 aliphatic carbocycles. The van der Waals surface area contributed by atoms with Gasteiger partial charge in [-0.3, -0.25) is 10.8 Å². The summed E-state index contributed by atoms with van der Waals surface area (Å²) in [7, 11) is 0. The van der Waals surface area contributed by atoms with E-state index in [4.69, 9.17) is 91.2 Å². The van der Waals surface area contributed by atoms with Gasteiger partial charge in [0.1, 0.15) is 35.0 Å². The van der Waals surface area contributed by atoms with Crippen molar-refractivity contribution in [3.05, 3.63) is 349 Å². The molecular weight excluding hydrogens is 1910 g/mol. The number of amidine groups is 2. The first-order valence-electron chi connectivity index (χ1n) is 47.0. The van der Waals surface area contributed by atoms with E-state index < -0.39 is 0 Å². The molecule has 11 heterocycles. The van der Waals surface area contributed by atoms with Crippen molar-refractivity contribution >= 4 is 80.7 Å². The van der Waals surface area contributed by atoms with E-state index in [1.807, 2.05) is 243 Å². The molecule has 750 valence electrons. The number of nitrogen functional groups attached to an aromatic ring is 2. The number of halogens is 4. The van der Waals surface area contributed by atoms with Crippen molar-refractivity contribution in [2.75, 3.05) is 0 Å². The number of H-pyrrole nitrogens is 4. The maximum Gasteiger partial charge on any atom is 0.200 e. The Balaban J connectivity index is 0.000000165. The molecule has 0 bridgehead atoms. The summed E-state index contributed by atoms with van der Waals surface area (Å²) < 4.78 is 28.6. The molecule has 0 saturated carbocycles. The SMILES string of the molecule is CC(C)(C)c1cc(-c2ccc(Cl)cc2)on1.CC(C)(C)c1cc(-c2ccc(Cl)s2)on1.CC(C)(C)c1cc(-c2cccc(C(=N)N)c2)on1.CC(C)(C)c1cc(-c2ccccc2)on1.CC(C)(C)c1ncc(-c2ccc(Cl)cc2)[nH]1.CC(C)(C)c1ncc(-c2ccc(Cl)s2)[nH]1.CC(C)(C)c1ncc(-c2cccc(C(=N)N)c2)[nH]1.CC(C)(C)c1ncc(-c2ccccc2)[nH]1.CC(C)(C)c1ncc(-c2ccccc2)o1. The van der Waals surface area contributed by atoms with Gasteiger partial charge in [-0.1, -0.05) is 393 Å². The number of rotatable bonds is 11. The molecule has 18 aromatic rings. The van der Waals surface area contributed by atoms with Gasteiger partial charge in [0, 0.05) is 122 Å². The van der Waals surface area contributed by atoms with Crippen molar-refractivity contribution in [3.63, 3.8) is 0 Å². The number of oxazole rings is 1. The minimum atomic E-state index is -0.0417. The summed E-state index contributed by atoms with van der Waals surface area (Å²) in [6.07, 6.45) is 9.23. The van der Waals surface area contributed by atoms with Crippen LogP contribution in [0.1, 0.15) is 250 Å². The molecule has 18 rings (SSSR count). The number of imidazole rings is 4. The lowest BCUT2D eigenvalue weighted by atomic mass is 9.92. The van der Waals surface area contributed by atoms with Crippen LogP contribution in [0.25, 0.3) is 100 Å². The fraction of sp³-hybridized carbons (Fsp3) is 0.313. The van der Waals surface area contributed by atoms with Gasteiger partial charge in [0.15, 0.2) is 34.7 Å². The summed E-state index contributed by atoms with van der Waals surface area (Å²) >= 11 is 26.5. The van der Waals surface area contributed by atoms with Crippen LogP contribution >= 0.6 is 69.1 Å². The van der Waals surface area contributed by atoms with Crippen LogP contribution in [0.2, 0.25) is 18.7 Å². The van der Waals surface area contributed by atoms with E-state index in [1.165, 1.54) is 16.9 Å². The van der Waals surface area contributed by atoms with Gasteiger partial charge in [0.2, 0.25) is 0 Å². The van der Waals surface area contributed by atoms with E-state index in [0.717, 1.165) is 165 Å². The van der Waals surface area contributed by atoms with Gasteiger partial charge < -0.3 is 53.9 Å². The second kappa shape index (κ2) is 47.9. The Hall–Kier alpha value is -13.1. The zero-order valence-corrected chi connectivity index (χ0v) is 91.6. The van der Waals surface area contributed by atoms with Gasteiger partial charge in [-0.15, -0.1) is 22.7 Å². The van der Waals surface area contributed by atoms with Crippen molar-refractivity contribution < 1.29 is 22.5 Å². The van der Waals surface area contributed by atoms with E-state index in [0.29, 0.717) is 11.3 Å². The van der Waals surface area contributed by atoms with E-state index in [2.05, 4.69) is 265 Å². The van der Waals surface area contributed by atoms with E-state index in [-0.39, 0.29) is 60.4 Å². The van der Waals surface area contributed by atoms with Crippen molar-refractivity contribution in [1.82, 2.24) is 65.5 Å². The molecule has 0 atom stereocenters. The fourth-order valence-corrected chi connectivity index (χ4v) is 15.1. The monoisotopic (exact) mass is 2040 g/mol. The molecule has 11 aromatic heterocycles. The van der Waals surface area contributed by atoms with E-state index >= 15 is 0 Å².